The zero-order valence-corrected chi connectivity index (χ0v) is 15.6. The maximum atomic E-state index is 12.7. The third-order valence-electron chi connectivity index (χ3n) is 6.37. The smallest absolute Gasteiger partial charge is 0.266 e. The molecular formula is C21H26N4O2. The predicted octanol–water partition coefficient (Wildman–Crippen LogP) is 2.61. The van der Waals surface area contributed by atoms with Crippen molar-refractivity contribution in [2.24, 2.45) is 5.92 Å². The fourth-order valence-electron chi connectivity index (χ4n) is 4.70. The number of likely N-dealkylation sites (tertiary alicyclic amines) is 1. The number of nitriles is 1. The maximum absolute atomic E-state index is 12.7. The number of hydrogen-bond acceptors (Lipinski definition) is 4. The minimum absolute atomic E-state index is 0.0170. The molecule has 2 aromatic heterocycles. The van der Waals surface area contributed by atoms with Crippen LogP contribution in [0.4, 0.5) is 0 Å². The van der Waals surface area contributed by atoms with E-state index in [2.05, 4.69) is 9.88 Å². The van der Waals surface area contributed by atoms with Crippen LogP contribution in [0.1, 0.15) is 50.5 Å². The second kappa shape index (κ2) is 7.69. The summed E-state index contributed by atoms with van der Waals surface area (Å²) < 4.78 is 1.71. The Bertz CT molecular complexity index is 970. The van der Waals surface area contributed by atoms with Crippen molar-refractivity contribution in [1.82, 2.24) is 14.5 Å². The van der Waals surface area contributed by atoms with Crippen molar-refractivity contribution >= 4 is 10.9 Å². The van der Waals surface area contributed by atoms with E-state index in [0.717, 1.165) is 12.5 Å². The Morgan fingerprint density at radius 3 is 2.59 bits per heavy atom. The van der Waals surface area contributed by atoms with Gasteiger partial charge < -0.3 is 14.5 Å². The van der Waals surface area contributed by atoms with Gasteiger partial charge in [-0.15, -0.1) is 0 Å². The molecule has 1 saturated heterocycles. The molecule has 0 amide bonds. The zero-order valence-electron chi connectivity index (χ0n) is 15.6. The first-order valence-corrected chi connectivity index (χ1v) is 10.1. The average molecular weight is 366 g/mol. The van der Waals surface area contributed by atoms with E-state index in [9.17, 15) is 9.59 Å². The molecule has 3 heterocycles. The van der Waals surface area contributed by atoms with Gasteiger partial charge >= 0.3 is 0 Å². The Morgan fingerprint density at radius 2 is 1.89 bits per heavy atom. The number of H-pyrrole nitrogens is 1. The summed E-state index contributed by atoms with van der Waals surface area (Å²) in [5, 5.41) is 9.44. The molecule has 1 N–H and O–H groups in total. The van der Waals surface area contributed by atoms with Gasteiger partial charge in [0.05, 0.1) is 10.9 Å². The molecular weight excluding hydrogens is 340 g/mol. The highest BCUT2D eigenvalue weighted by Gasteiger charge is 2.26. The number of hydrogen-bond donors (Lipinski definition) is 1. The molecule has 1 aliphatic heterocycles. The summed E-state index contributed by atoms with van der Waals surface area (Å²) in [6.45, 7) is 3.06. The van der Waals surface area contributed by atoms with E-state index in [1.54, 1.807) is 16.8 Å². The van der Waals surface area contributed by atoms with Crippen LogP contribution in [0.5, 0.6) is 0 Å². The minimum Gasteiger partial charge on any atom is -0.321 e. The van der Waals surface area contributed by atoms with Crippen molar-refractivity contribution in [2.45, 2.75) is 57.5 Å². The molecule has 4 rings (SSSR count). The number of aryl methyl sites for hydroxylation is 1. The van der Waals surface area contributed by atoms with Crippen molar-refractivity contribution in [2.75, 3.05) is 13.1 Å². The first-order valence-electron chi connectivity index (χ1n) is 10.1. The van der Waals surface area contributed by atoms with Gasteiger partial charge in [0.2, 0.25) is 0 Å². The fourth-order valence-corrected chi connectivity index (χ4v) is 4.70. The number of pyridine rings is 2. The fraction of sp³-hybridized carbons (Fsp3) is 0.571. The Balaban J connectivity index is 1.41. The van der Waals surface area contributed by atoms with Gasteiger partial charge in [-0.2, -0.15) is 5.26 Å². The number of aromatic nitrogens is 2. The third-order valence-corrected chi connectivity index (χ3v) is 6.37. The molecule has 2 aromatic rings. The number of nitrogens with zero attached hydrogens (tertiary/aromatic N) is 3. The quantitative estimate of drug-likeness (QED) is 0.902. The van der Waals surface area contributed by atoms with Crippen molar-refractivity contribution in [3.05, 3.63) is 44.6 Å². The van der Waals surface area contributed by atoms with E-state index < -0.39 is 5.56 Å². The molecule has 0 bridgehead atoms. The highest BCUT2D eigenvalue weighted by molar-refractivity contribution is 5.78. The number of fused-ring (bicyclic) bond motifs is 1. The zero-order chi connectivity index (χ0) is 18.8. The van der Waals surface area contributed by atoms with E-state index >= 15 is 0 Å². The molecule has 1 aliphatic carbocycles. The van der Waals surface area contributed by atoms with E-state index in [1.807, 2.05) is 6.07 Å². The van der Waals surface area contributed by atoms with E-state index in [-0.39, 0.29) is 11.1 Å². The minimum atomic E-state index is -0.448. The van der Waals surface area contributed by atoms with Gasteiger partial charge in [0.25, 0.3) is 11.1 Å². The summed E-state index contributed by atoms with van der Waals surface area (Å²) in [7, 11) is 0. The first-order chi connectivity index (χ1) is 13.2. The van der Waals surface area contributed by atoms with Crippen LogP contribution >= 0.6 is 0 Å². The molecule has 2 fully saturated rings. The first kappa shape index (κ1) is 18.0. The largest absolute Gasteiger partial charge is 0.321 e. The molecule has 1 saturated carbocycles. The summed E-state index contributed by atoms with van der Waals surface area (Å²) in [5.74, 6) is 0.662. The lowest BCUT2D eigenvalue weighted by Crippen LogP contribution is -2.40. The lowest BCUT2D eigenvalue weighted by atomic mass is 9.92. The van der Waals surface area contributed by atoms with Crippen molar-refractivity contribution in [3.63, 3.8) is 0 Å². The second-order valence-electron chi connectivity index (χ2n) is 7.97. The Morgan fingerprint density at radius 1 is 1.15 bits per heavy atom. The number of nitrogens with one attached hydrogen (secondary N) is 1. The molecule has 6 heteroatoms. The van der Waals surface area contributed by atoms with Crippen LogP contribution in [-0.2, 0) is 6.54 Å². The van der Waals surface area contributed by atoms with Crippen molar-refractivity contribution in [3.8, 4) is 6.07 Å². The Kier molecular flexibility index (Phi) is 5.13. The molecule has 2 aliphatic rings. The van der Waals surface area contributed by atoms with Gasteiger partial charge in [-0.05, 0) is 63.2 Å². The number of aromatic amines is 1. The van der Waals surface area contributed by atoms with Gasteiger partial charge in [-0.25, -0.2) is 0 Å². The summed E-state index contributed by atoms with van der Waals surface area (Å²) in [4.78, 5) is 29.7. The third kappa shape index (κ3) is 3.70. The van der Waals surface area contributed by atoms with Gasteiger partial charge in [0.15, 0.2) is 0 Å². The van der Waals surface area contributed by atoms with Gasteiger partial charge in [0.1, 0.15) is 11.6 Å². The van der Waals surface area contributed by atoms with Crippen LogP contribution < -0.4 is 11.1 Å². The summed E-state index contributed by atoms with van der Waals surface area (Å²) in [5.41, 5.74) is -0.110. The number of rotatable bonds is 4. The summed E-state index contributed by atoms with van der Waals surface area (Å²) in [6, 6.07) is 5.82. The van der Waals surface area contributed by atoms with Crippen molar-refractivity contribution in [1.29, 1.82) is 5.26 Å². The molecule has 0 spiro atoms. The SMILES string of the molecule is N#Cc1cc2c(=O)n(CCC3CCN(C4CCCC4)CC3)ccc2[nH]c1=O. The molecule has 142 valence electrons. The van der Waals surface area contributed by atoms with Crippen LogP contribution in [0.15, 0.2) is 27.9 Å². The lowest BCUT2D eigenvalue weighted by molar-refractivity contribution is 0.129. The highest BCUT2D eigenvalue weighted by atomic mass is 16.1. The van der Waals surface area contributed by atoms with Gasteiger partial charge in [-0.3, -0.25) is 9.59 Å². The average Bonchev–Trinajstić information content (AvgIpc) is 3.22. The standard InChI is InChI=1S/C21H26N4O2/c22-14-16-13-18-19(23-20(16)26)8-12-25(21(18)27)11-7-15-5-9-24(10-6-15)17-3-1-2-4-17/h8,12-13,15,17H,1-7,9-11H2,(H,23,26). The van der Waals surface area contributed by atoms with Crippen LogP contribution in [0.25, 0.3) is 10.9 Å². The normalized spacial score (nSPS) is 19.5. The van der Waals surface area contributed by atoms with Crippen molar-refractivity contribution < 1.29 is 0 Å². The number of piperidine rings is 1. The van der Waals surface area contributed by atoms with Crippen LogP contribution in [0.2, 0.25) is 0 Å². The van der Waals surface area contributed by atoms with Crippen LogP contribution in [0.3, 0.4) is 0 Å². The Labute approximate surface area is 158 Å². The monoisotopic (exact) mass is 366 g/mol. The lowest BCUT2D eigenvalue weighted by Gasteiger charge is -2.36. The molecule has 0 radical (unpaired) electrons. The van der Waals surface area contributed by atoms with Crippen LogP contribution in [0, 0.1) is 17.2 Å². The topological polar surface area (TPSA) is 81.9 Å². The van der Waals surface area contributed by atoms with Gasteiger partial charge in [-0.1, -0.05) is 12.8 Å². The molecule has 27 heavy (non-hydrogen) atoms. The second-order valence-corrected chi connectivity index (χ2v) is 7.97. The molecule has 0 unspecified atom stereocenters. The van der Waals surface area contributed by atoms with E-state index in [0.29, 0.717) is 23.4 Å². The van der Waals surface area contributed by atoms with E-state index in [1.165, 1.54) is 57.7 Å². The highest BCUT2D eigenvalue weighted by Crippen LogP contribution is 2.29. The summed E-state index contributed by atoms with van der Waals surface area (Å²) >= 11 is 0. The van der Waals surface area contributed by atoms with Crippen LogP contribution in [-0.4, -0.2) is 33.6 Å². The van der Waals surface area contributed by atoms with E-state index in [4.69, 9.17) is 5.26 Å². The Hall–Kier alpha value is -2.39. The van der Waals surface area contributed by atoms with Gasteiger partial charge in [0, 0.05) is 18.8 Å². The maximum Gasteiger partial charge on any atom is 0.266 e. The molecule has 6 nitrogen and oxygen atoms in total. The molecule has 0 aromatic carbocycles. The summed E-state index contributed by atoms with van der Waals surface area (Å²) in [6.07, 6.45) is 10.7. The molecule has 0 atom stereocenters. The predicted molar refractivity (Wildman–Crippen MR) is 105 cm³/mol.